The second-order valence-electron chi connectivity index (χ2n) is 8.33. The molecule has 0 aliphatic carbocycles. The summed E-state index contributed by atoms with van der Waals surface area (Å²) in [7, 11) is 0. The lowest BCUT2D eigenvalue weighted by atomic mass is 10.1. The first-order valence-electron chi connectivity index (χ1n) is 10.9. The molecule has 0 spiro atoms. The zero-order chi connectivity index (χ0) is 21.4. The fourth-order valence-corrected chi connectivity index (χ4v) is 4.62. The Balaban J connectivity index is 1.26. The van der Waals surface area contributed by atoms with Gasteiger partial charge in [-0.2, -0.15) is 0 Å². The van der Waals surface area contributed by atoms with Crippen LogP contribution in [0.2, 0.25) is 0 Å². The van der Waals surface area contributed by atoms with Gasteiger partial charge in [0.2, 0.25) is 0 Å². The first-order valence-corrected chi connectivity index (χ1v) is 10.9. The summed E-state index contributed by atoms with van der Waals surface area (Å²) in [6.07, 6.45) is 4.20. The minimum atomic E-state index is -2.58. The molecule has 0 saturated carbocycles. The van der Waals surface area contributed by atoms with Crippen molar-refractivity contribution in [3.63, 3.8) is 0 Å². The van der Waals surface area contributed by atoms with Gasteiger partial charge >= 0.3 is 0 Å². The lowest BCUT2D eigenvalue weighted by molar-refractivity contribution is 0.125. The topological polar surface area (TPSA) is 59.2 Å². The highest BCUT2D eigenvalue weighted by Crippen LogP contribution is 2.22. The number of anilines is 1. The summed E-state index contributed by atoms with van der Waals surface area (Å²) in [5.74, 6) is 1.22. The molecule has 7 nitrogen and oxygen atoms in total. The molecular formula is C22H26F2N6O. The number of fused-ring (bicyclic) bond motifs is 2. The summed E-state index contributed by atoms with van der Waals surface area (Å²) < 4.78 is 28.6. The van der Waals surface area contributed by atoms with Crippen molar-refractivity contribution in [1.29, 1.82) is 0 Å². The fourth-order valence-electron chi connectivity index (χ4n) is 4.62. The van der Waals surface area contributed by atoms with Gasteiger partial charge in [-0.3, -0.25) is 14.3 Å². The Bertz CT molecular complexity index is 1130. The molecule has 164 valence electrons. The summed E-state index contributed by atoms with van der Waals surface area (Å²) in [4.78, 5) is 26.0. The molecule has 9 heteroatoms. The molecule has 0 unspecified atom stereocenters. The molecule has 1 aromatic carbocycles. The van der Waals surface area contributed by atoms with E-state index in [-0.39, 0.29) is 0 Å². The average molecular weight is 428 g/mol. The third-order valence-electron chi connectivity index (χ3n) is 6.32. The number of hydrogen-bond donors (Lipinski definition) is 0. The maximum atomic E-state index is 12.6. The van der Waals surface area contributed by atoms with Crippen LogP contribution in [0.1, 0.15) is 24.4 Å². The minimum Gasteiger partial charge on any atom is -0.369 e. The quantitative estimate of drug-likeness (QED) is 0.625. The molecule has 0 N–H and O–H groups in total. The van der Waals surface area contributed by atoms with Crippen LogP contribution < -0.4 is 10.5 Å². The number of benzene rings is 1. The van der Waals surface area contributed by atoms with Crippen LogP contribution in [0.5, 0.6) is 0 Å². The average Bonchev–Trinajstić information content (AvgIpc) is 3.19. The van der Waals surface area contributed by atoms with Gasteiger partial charge in [-0.15, -0.1) is 0 Å². The van der Waals surface area contributed by atoms with Gasteiger partial charge in [0, 0.05) is 57.6 Å². The molecule has 0 radical (unpaired) electrons. The monoisotopic (exact) mass is 428 g/mol. The van der Waals surface area contributed by atoms with Crippen molar-refractivity contribution >= 4 is 16.6 Å². The van der Waals surface area contributed by atoms with Crippen LogP contribution in [-0.4, -0.2) is 56.6 Å². The number of aryl methyl sites for hydroxylation is 1. The molecule has 0 amide bonds. The number of piperazine rings is 1. The first-order chi connectivity index (χ1) is 15.1. The van der Waals surface area contributed by atoms with E-state index in [9.17, 15) is 13.6 Å². The van der Waals surface area contributed by atoms with E-state index in [1.165, 1.54) is 30.7 Å². The predicted molar refractivity (Wildman–Crippen MR) is 115 cm³/mol. The van der Waals surface area contributed by atoms with Crippen molar-refractivity contribution in [3.8, 4) is 0 Å². The number of nitrogens with zero attached hydrogens (tertiary/aromatic N) is 6. The van der Waals surface area contributed by atoms with Gasteiger partial charge in [0.05, 0.1) is 29.5 Å². The van der Waals surface area contributed by atoms with E-state index in [0.29, 0.717) is 10.9 Å². The molecule has 5 rings (SSSR count). The fraction of sp³-hybridized carbons (Fsp3) is 0.500. The summed E-state index contributed by atoms with van der Waals surface area (Å²) in [6.45, 7) is 5.03. The van der Waals surface area contributed by atoms with Crippen molar-refractivity contribution in [2.45, 2.75) is 45.3 Å². The molecule has 2 aromatic heterocycles. The summed E-state index contributed by atoms with van der Waals surface area (Å²) >= 11 is 0. The van der Waals surface area contributed by atoms with Gasteiger partial charge in [0.15, 0.2) is 0 Å². The number of hydrogen-bond acceptors (Lipinski definition) is 5. The maximum Gasteiger partial charge on any atom is 0.261 e. The highest BCUT2D eigenvalue weighted by molar-refractivity contribution is 5.81. The van der Waals surface area contributed by atoms with Gasteiger partial charge in [-0.25, -0.2) is 18.7 Å². The van der Waals surface area contributed by atoms with Crippen molar-refractivity contribution in [2.75, 3.05) is 31.1 Å². The standard InChI is InChI=1S/C22H26F2N6O/c23-20(24)14-29-15-26-19-11-16(4-5-18(19)22(29)31)28-9-7-27(8-10-28)13-17-12-25-21-3-1-2-6-30(17)21/h4-5,11-12,15,20H,1-3,6-10,13-14H2. The summed E-state index contributed by atoms with van der Waals surface area (Å²) in [5, 5.41) is 0.371. The SMILES string of the molecule is O=c1c2ccc(N3CCN(Cc4cnc5n4CCCC5)CC3)cc2ncn1CC(F)F. The Morgan fingerprint density at radius 1 is 1.03 bits per heavy atom. The smallest absolute Gasteiger partial charge is 0.261 e. The van der Waals surface area contributed by atoms with Gasteiger partial charge in [0.1, 0.15) is 5.82 Å². The second kappa shape index (κ2) is 8.37. The van der Waals surface area contributed by atoms with Crippen LogP contribution in [0.15, 0.2) is 35.5 Å². The largest absolute Gasteiger partial charge is 0.369 e. The van der Waals surface area contributed by atoms with Crippen LogP contribution in [0.25, 0.3) is 10.9 Å². The van der Waals surface area contributed by atoms with Crippen LogP contribution in [0, 0.1) is 0 Å². The zero-order valence-electron chi connectivity index (χ0n) is 17.4. The maximum absolute atomic E-state index is 12.6. The van der Waals surface area contributed by atoms with Gasteiger partial charge in [-0.05, 0) is 31.0 Å². The van der Waals surface area contributed by atoms with Gasteiger partial charge in [-0.1, -0.05) is 0 Å². The van der Waals surface area contributed by atoms with E-state index in [2.05, 4.69) is 24.3 Å². The van der Waals surface area contributed by atoms with E-state index >= 15 is 0 Å². The highest BCUT2D eigenvalue weighted by Gasteiger charge is 2.21. The van der Waals surface area contributed by atoms with E-state index in [4.69, 9.17) is 0 Å². The van der Waals surface area contributed by atoms with Crippen LogP contribution in [0.3, 0.4) is 0 Å². The Kier molecular flexibility index (Phi) is 5.43. The lowest BCUT2D eigenvalue weighted by Gasteiger charge is -2.36. The molecule has 0 bridgehead atoms. The number of halogens is 2. The van der Waals surface area contributed by atoms with Crippen LogP contribution in [-0.2, 0) is 26.1 Å². The minimum absolute atomic E-state index is 0.371. The summed E-state index contributed by atoms with van der Waals surface area (Å²) in [5.41, 5.74) is 2.43. The Morgan fingerprint density at radius 2 is 1.87 bits per heavy atom. The number of aromatic nitrogens is 4. The highest BCUT2D eigenvalue weighted by atomic mass is 19.3. The number of imidazole rings is 1. The third kappa shape index (κ3) is 4.06. The van der Waals surface area contributed by atoms with Crippen molar-refractivity contribution in [3.05, 3.63) is 52.6 Å². The van der Waals surface area contributed by atoms with E-state index < -0.39 is 18.5 Å². The predicted octanol–water partition coefficient (Wildman–Crippen LogP) is 2.52. The Morgan fingerprint density at radius 3 is 2.68 bits per heavy atom. The Labute approximate surface area is 178 Å². The molecule has 2 aliphatic rings. The molecule has 1 fully saturated rings. The second-order valence-corrected chi connectivity index (χ2v) is 8.33. The van der Waals surface area contributed by atoms with Gasteiger partial charge in [0.25, 0.3) is 12.0 Å². The van der Waals surface area contributed by atoms with E-state index in [1.54, 1.807) is 6.07 Å². The molecule has 1 saturated heterocycles. The lowest BCUT2D eigenvalue weighted by Crippen LogP contribution is -2.46. The van der Waals surface area contributed by atoms with Crippen molar-refractivity contribution in [2.24, 2.45) is 0 Å². The number of rotatable bonds is 5. The molecule has 2 aliphatic heterocycles. The molecule has 31 heavy (non-hydrogen) atoms. The van der Waals surface area contributed by atoms with E-state index in [0.717, 1.165) is 55.9 Å². The zero-order valence-corrected chi connectivity index (χ0v) is 17.4. The number of alkyl halides is 2. The Hall–Kier alpha value is -2.81. The van der Waals surface area contributed by atoms with Crippen LogP contribution in [0.4, 0.5) is 14.5 Å². The third-order valence-corrected chi connectivity index (χ3v) is 6.32. The normalized spacial score (nSPS) is 17.5. The molecule has 0 atom stereocenters. The first kappa shape index (κ1) is 20.1. The molecular weight excluding hydrogens is 402 g/mol. The molecule has 3 aromatic rings. The van der Waals surface area contributed by atoms with E-state index in [1.807, 2.05) is 18.3 Å². The molecule has 4 heterocycles. The van der Waals surface area contributed by atoms with Gasteiger partial charge < -0.3 is 9.47 Å². The summed E-state index contributed by atoms with van der Waals surface area (Å²) in [6, 6.07) is 5.47. The van der Waals surface area contributed by atoms with Crippen LogP contribution >= 0.6 is 0 Å². The van der Waals surface area contributed by atoms with Crippen molar-refractivity contribution < 1.29 is 8.78 Å². The van der Waals surface area contributed by atoms with Crippen molar-refractivity contribution in [1.82, 2.24) is 24.0 Å².